The number of hydrogen-bond acceptors (Lipinski definition) is 1. The number of rotatable bonds is 3. The van der Waals surface area contributed by atoms with E-state index in [1.807, 2.05) is 0 Å². The summed E-state index contributed by atoms with van der Waals surface area (Å²) >= 11 is 0. The van der Waals surface area contributed by atoms with Gasteiger partial charge in [-0.25, -0.2) is 0 Å². The maximum absolute atomic E-state index is 12.3. The molecule has 0 saturated carbocycles. The van der Waals surface area contributed by atoms with Gasteiger partial charge in [0.05, 0.1) is 6.42 Å². The van der Waals surface area contributed by atoms with Crippen molar-refractivity contribution in [3.05, 3.63) is 35.4 Å². The Balaban J connectivity index is 3.06. The van der Waals surface area contributed by atoms with Crippen LogP contribution in [0.5, 0.6) is 0 Å². The number of halogens is 3. The molecule has 0 unspecified atom stereocenters. The van der Waals surface area contributed by atoms with Crippen LogP contribution in [-0.2, 0) is 6.42 Å². The van der Waals surface area contributed by atoms with Crippen LogP contribution >= 0.6 is 0 Å². The van der Waals surface area contributed by atoms with Gasteiger partial charge in [-0.05, 0) is 5.56 Å². The highest BCUT2D eigenvalue weighted by Crippen LogP contribution is 2.24. The summed E-state index contributed by atoms with van der Waals surface area (Å²) in [5.41, 5.74) is 0.225. The quantitative estimate of drug-likeness (QED) is 0.724. The van der Waals surface area contributed by atoms with Gasteiger partial charge in [0.1, 0.15) is 0 Å². The molecule has 0 fully saturated rings. The number of carbonyl (C=O) groups is 1. The standard InChI is InChI=1S/C12H13F3O/c1-8(2)11(16)10-6-4-3-5-9(10)7-12(13,14)15/h3-6,8H,7H2,1-2H3. The van der Waals surface area contributed by atoms with Crippen LogP contribution in [0.2, 0.25) is 0 Å². The fourth-order valence-electron chi connectivity index (χ4n) is 1.44. The van der Waals surface area contributed by atoms with Crippen LogP contribution in [0.3, 0.4) is 0 Å². The average molecular weight is 230 g/mol. The summed E-state index contributed by atoms with van der Waals surface area (Å²) in [5, 5.41) is 0. The molecule has 16 heavy (non-hydrogen) atoms. The highest BCUT2D eigenvalue weighted by molar-refractivity contribution is 5.98. The van der Waals surface area contributed by atoms with E-state index in [1.54, 1.807) is 19.9 Å². The van der Waals surface area contributed by atoms with Gasteiger partial charge in [0.25, 0.3) is 0 Å². The lowest BCUT2D eigenvalue weighted by atomic mass is 9.95. The molecular weight excluding hydrogens is 217 g/mol. The number of hydrogen-bond donors (Lipinski definition) is 0. The maximum Gasteiger partial charge on any atom is 0.393 e. The second-order valence-corrected chi connectivity index (χ2v) is 3.97. The van der Waals surface area contributed by atoms with Crippen LogP contribution in [0.15, 0.2) is 24.3 Å². The third-order valence-electron chi connectivity index (χ3n) is 2.20. The summed E-state index contributed by atoms with van der Waals surface area (Å²) < 4.78 is 36.8. The Bertz CT molecular complexity index is 380. The molecule has 0 spiro atoms. The molecule has 0 saturated heterocycles. The van der Waals surface area contributed by atoms with Crippen LogP contribution in [0.1, 0.15) is 29.8 Å². The van der Waals surface area contributed by atoms with Gasteiger partial charge in [-0.2, -0.15) is 13.2 Å². The summed E-state index contributed by atoms with van der Waals surface area (Å²) in [4.78, 5) is 11.7. The van der Waals surface area contributed by atoms with Gasteiger partial charge in [0, 0.05) is 11.5 Å². The SMILES string of the molecule is CC(C)C(=O)c1ccccc1CC(F)(F)F. The van der Waals surface area contributed by atoms with Crippen molar-refractivity contribution in [3.8, 4) is 0 Å². The van der Waals surface area contributed by atoms with Crippen molar-refractivity contribution in [2.75, 3.05) is 0 Å². The fraction of sp³-hybridized carbons (Fsp3) is 0.417. The molecule has 0 aliphatic rings. The molecule has 1 nitrogen and oxygen atoms in total. The first-order valence-electron chi connectivity index (χ1n) is 5.00. The van der Waals surface area contributed by atoms with Gasteiger partial charge in [-0.1, -0.05) is 38.1 Å². The second kappa shape index (κ2) is 4.68. The topological polar surface area (TPSA) is 17.1 Å². The minimum atomic E-state index is -4.28. The third kappa shape index (κ3) is 3.36. The first kappa shape index (κ1) is 12.7. The van der Waals surface area contributed by atoms with Gasteiger partial charge in [0.15, 0.2) is 5.78 Å². The Hall–Kier alpha value is -1.32. The summed E-state index contributed by atoms with van der Waals surface area (Å²) in [6, 6.07) is 5.89. The van der Waals surface area contributed by atoms with E-state index in [9.17, 15) is 18.0 Å². The van der Waals surface area contributed by atoms with Gasteiger partial charge in [0.2, 0.25) is 0 Å². The zero-order valence-electron chi connectivity index (χ0n) is 9.14. The van der Waals surface area contributed by atoms with E-state index in [0.29, 0.717) is 0 Å². The number of benzene rings is 1. The normalized spacial score (nSPS) is 11.9. The predicted octanol–water partition coefficient (Wildman–Crippen LogP) is 3.63. The molecule has 0 amide bonds. The van der Waals surface area contributed by atoms with E-state index in [2.05, 4.69) is 0 Å². The van der Waals surface area contributed by atoms with E-state index in [4.69, 9.17) is 0 Å². The van der Waals surface area contributed by atoms with Crippen molar-refractivity contribution in [1.82, 2.24) is 0 Å². The van der Waals surface area contributed by atoms with Crippen LogP contribution in [0.4, 0.5) is 13.2 Å². The minimum absolute atomic E-state index is 0.0497. The Morgan fingerprint density at radius 2 is 1.81 bits per heavy atom. The van der Waals surface area contributed by atoms with Crippen molar-refractivity contribution >= 4 is 5.78 Å². The molecular formula is C12H13F3O. The molecule has 1 aromatic rings. The molecule has 0 aliphatic carbocycles. The van der Waals surface area contributed by atoms with E-state index < -0.39 is 12.6 Å². The summed E-state index contributed by atoms with van der Waals surface area (Å²) in [7, 11) is 0. The van der Waals surface area contributed by atoms with Crippen molar-refractivity contribution in [2.45, 2.75) is 26.4 Å². The highest BCUT2D eigenvalue weighted by atomic mass is 19.4. The van der Waals surface area contributed by atoms with Gasteiger partial charge < -0.3 is 0 Å². The van der Waals surface area contributed by atoms with Crippen LogP contribution in [0, 0.1) is 5.92 Å². The Kier molecular flexibility index (Phi) is 3.73. The van der Waals surface area contributed by atoms with Gasteiger partial charge >= 0.3 is 6.18 Å². The first-order chi connectivity index (χ1) is 7.31. The predicted molar refractivity (Wildman–Crippen MR) is 55.4 cm³/mol. The number of Topliss-reactive ketones (excluding diaryl/α,β-unsaturated/α-hetero) is 1. The summed E-state index contributed by atoms with van der Waals surface area (Å²) in [5.74, 6) is -0.547. The van der Waals surface area contributed by atoms with Crippen LogP contribution in [-0.4, -0.2) is 12.0 Å². The molecule has 0 radical (unpaired) electrons. The van der Waals surface area contributed by atoms with E-state index >= 15 is 0 Å². The van der Waals surface area contributed by atoms with Crippen molar-refractivity contribution in [2.24, 2.45) is 5.92 Å². The number of carbonyl (C=O) groups excluding carboxylic acids is 1. The molecule has 0 N–H and O–H groups in total. The summed E-state index contributed by atoms with van der Waals surface area (Å²) in [6.07, 6.45) is -5.34. The lowest BCUT2D eigenvalue weighted by Gasteiger charge is -2.12. The lowest BCUT2D eigenvalue weighted by Crippen LogP contribution is -2.17. The highest BCUT2D eigenvalue weighted by Gasteiger charge is 2.29. The fourth-order valence-corrected chi connectivity index (χ4v) is 1.44. The Morgan fingerprint density at radius 1 is 1.25 bits per heavy atom. The average Bonchev–Trinajstić information content (AvgIpc) is 2.15. The van der Waals surface area contributed by atoms with Crippen molar-refractivity contribution < 1.29 is 18.0 Å². The maximum atomic E-state index is 12.3. The molecule has 4 heteroatoms. The molecule has 0 atom stereocenters. The van der Waals surface area contributed by atoms with E-state index in [0.717, 1.165) is 0 Å². The van der Waals surface area contributed by atoms with Crippen molar-refractivity contribution in [1.29, 1.82) is 0 Å². The minimum Gasteiger partial charge on any atom is -0.294 e. The number of alkyl halides is 3. The van der Waals surface area contributed by atoms with Gasteiger partial charge in [-0.3, -0.25) is 4.79 Å². The molecule has 1 aromatic carbocycles. The van der Waals surface area contributed by atoms with Crippen LogP contribution < -0.4 is 0 Å². The van der Waals surface area contributed by atoms with Crippen LogP contribution in [0.25, 0.3) is 0 Å². The molecule has 0 bridgehead atoms. The Labute approximate surface area is 92.3 Å². The molecule has 88 valence electrons. The van der Waals surface area contributed by atoms with E-state index in [1.165, 1.54) is 18.2 Å². The zero-order chi connectivity index (χ0) is 12.3. The molecule has 0 aromatic heterocycles. The van der Waals surface area contributed by atoms with E-state index in [-0.39, 0.29) is 22.8 Å². The number of ketones is 1. The first-order valence-corrected chi connectivity index (χ1v) is 5.00. The lowest BCUT2D eigenvalue weighted by molar-refractivity contribution is -0.127. The second-order valence-electron chi connectivity index (χ2n) is 3.97. The Morgan fingerprint density at radius 3 is 2.31 bits per heavy atom. The largest absolute Gasteiger partial charge is 0.393 e. The van der Waals surface area contributed by atoms with Crippen molar-refractivity contribution in [3.63, 3.8) is 0 Å². The van der Waals surface area contributed by atoms with Gasteiger partial charge in [-0.15, -0.1) is 0 Å². The zero-order valence-corrected chi connectivity index (χ0v) is 9.14. The monoisotopic (exact) mass is 230 g/mol. The third-order valence-corrected chi connectivity index (χ3v) is 2.20. The molecule has 0 heterocycles. The molecule has 1 rings (SSSR count). The molecule has 0 aliphatic heterocycles. The summed E-state index contributed by atoms with van der Waals surface area (Å²) in [6.45, 7) is 3.35. The smallest absolute Gasteiger partial charge is 0.294 e.